The number of piperazine rings is 1. The van der Waals surface area contributed by atoms with Gasteiger partial charge in [-0.25, -0.2) is 0 Å². The van der Waals surface area contributed by atoms with E-state index < -0.39 is 0 Å². The minimum Gasteiger partial charge on any atom is -0.322 e. The van der Waals surface area contributed by atoms with Crippen molar-refractivity contribution in [1.82, 2.24) is 0 Å². The monoisotopic (exact) mass is 364 g/mol. The number of nitrogens with one attached hydrogen (secondary N) is 2. The van der Waals surface area contributed by atoms with E-state index in [0.717, 1.165) is 13.1 Å². The van der Waals surface area contributed by atoms with Gasteiger partial charge in [-0.05, 0) is 29.2 Å². The normalized spacial score (nSPS) is 20.3. The minimum absolute atomic E-state index is 1.15. The molecule has 3 heteroatoms. The van der Waals surface area contributed by atoms with Gasteiger partial charge in [0, 0.05) is 16.0 Å². The van der Waals surface area contributed by atoms with Gasteiger partial charge in [-0.1, -0.05) is 54.6 Å². The molecule has 0 saturated carbocycles. The lowest BCUT2D eigenvalue weighted by Crippen LogP contribution is -3.27. The van der Waals surface area contributed by atoms with Gasteiger partial charge in [-0.3, -0.25) is 0 Å². The zero-order valence-electron chi connectivity index (χ0n) is 15.5. The van der Waals surface area contributed by atoms with Crippen LogP contribution in [0.3, 0.4) is 0 Å². The number of rotatable bonds is 5. The first-order valence-electron chi connectivity index (χ1n) is 9.58. The average molecular weight is 365 g/mol. The average Bonchev–Trinajstić information content (AvgIpc) is 2.70. The first-order valence-corrected chi connectivity index (χ1v) is 10.8. The van der Waals surface area contributed by atoms with Crippen LogP contribution in [0.15, 0.2) is 71.6 Å². The molecule has 4 rings (SSSR count). The van der Waals surface area contributed by atoms with E-state index in [1.54, 1.807) is 9.80 Å². The Balaban J connectivity index is 1.34. The maximum atomic E-state index is 2.31. The van der Waals surface area contributed by atoms with Crippen molar-refractivity contribution in [2.45, 2.75) is 18.0 Å². The Morgan fingerprint density at radius 1 is 0.731 bits per heavy atom. The molecule has 2 nitrogen and oxygen atoms in total. The predicted octanol–water partition coefficient (Wildman–Crippen LogP) is 2.05. The van der Waals surface area contributed by atoms with E-state index in [2.05, 4.69) is 73.0 Å². The number of thioether (sulfide) groups is 1. The molecule has 0 spiro atoms. The Hall–Kier alpha value is -1.81. The molecule has 0 radical (unpaired) electrons. The van der Waals surface area contributed by atoms with E-state index in [9.17, 15) is 0 Å². The second-order valence-corrected chi connectivity index (χ2v) is 8.22. The van der Waals surface area contributed by atoms with Crippen molar-refractivity contribution in [2.24, 2.45) is 0 Å². The van der Waals surface area contributed by atoms with Crippen molar-refractivity contribution in [2.75, 3.05) is 32.4 Å². The summed E-state index contributed by atoms with van der Waals surface area (Å²) < 4.78 is 0. The molecule has 0 unspecified atom stereocenters. The summed E-state index contributed by atoms with van der Waals surface area (Å²) in [6, 6.07) is 24.6. The van der Waals surface area contributed by atoms with Crippen molar-refractivity contribution < 1.29 is 9.80 Å². The molecule has 26 heavy (non-hydrogen) atoms. The van der Waals surface area contributed by atoms with Crippen molar-refractivity contribution in [3.63, 3.8) is 0 Å². The Labute approximate surface area is 160 Å². The van der Waals surface area contributed by atoms with E-state index in [1.807, 2.05) is 11.8 Å². The van der Waals surface area contributed by atoms with Crippen LogP contribution in [0.2, 0.25) is 0 Å². The quantitative estimate of drug-likeness (QED) is 0.659. The molecule has 1 aliphatic rings. The molecule has 1 fully saturated rings. The molecule has 2 N–H and O–H groups in total. The highest BCUT2D eigenvalue weighted by molar-refractivity contribution is 7.98. The first-order chi connectivity index (χ1) is 12.8. The molecule has 1 heterocycles. The Morgan fingerprint density at radius 3 is 2.12 bits per heavy atom. The highest BCUT2D eigenvalue weighted by Gasteiger charge is 2.23. The first kappa shape index (κ1) is 17.6. The fraction of sp³-hybridized carbons (Fsp3) is 0.304. The second kappa shape index (κ2) is 8.26. The maximum absolute atomic E-state index is 2.31. The third kappa shape index (κ3) is 4.12. The third-order valence-electron chi connectivity index (χ3n) is 5.60. The number of hydrogen-bond donors (Lipinski definition) is 2. The molecule has 0 amide bonds. The second-order valence-electron chi connectivity index (χ2n) is 7.34. The predicted molar refractivity (Wildman–Crippen MR) is 111 cm³/mol. The van der Waals surface area contributed by atoms with Gasteiger partial charge in [0.1, 0.15) is 39.3 Å². The highest BCUT2D eigenvalue weighted by atomic mass is 32.2. The molecule has 0 atom stereocenters. The van der Waals surface area contributed by atoms with Gasteiger partial charge < -0.3 is 9.80 Å². The Morgan fingerprint density at radius 2 is 1.38 bits per heavy atom. The molecule has 3 aromatic rings. The molecule has 1 saturated heterocycles. The van der Waals surface area contributed by atoms with Crippen LogP contribution in [-0.2, 0) is 13.1 Å². The van der Waals surface area contributed by atoms with Gasteiger partial charge in [-0.2, -0.15) is 0 Å². The summed E-state index contributed by atoms with van der Waals surface area (Å²) in [5.41, 5.74) is 2.96. The molecular weight excluding hydrogens is 336 g/mol. The molecule has 1 aliphatic heterocycles. The third-order valence-corrected chi connectivity index (χ3v) is 6.34. The summed E-state index contributed by atoms with van der Waals surface area (Å²) in [5.74, 6) is 0. The van der Waals surface area contributed by atoms with Crippen LogP contribution in [0.25, 0.3) is 10.8 Å². The summed E-state index contributed by atoms with van der Waals surface area (Å²) in [6.45, 7) is 7.38. The zero-order valence-corrected chi connectivity index (χ0v) is 16.3. The van der Waals surface area contributed by atoms with E-state index in [4.69, 9.17) is 0 Å². The van der Waals surface area contributed by atoms with Crippen molar-refractivity contribution in [1.29, 1.82) is 0 Å². The molecular formula is C23H28N2S+2. The molecule has 3 aromatic carbocycles. The summed E-state index contributed by atoms with van der Waals surface area (Å²) in [5, 5.41) is 2.79. The number of fused-ring (bicyclic) bond motifs is 1. The van der Waals surface area contributed by atoms with E-state index >= 15 is 0 Å². The van der Waals surface area contributed by atoms with Gasteiger partial charge in [0.05, 0.1) is 0 Å². The van der Waals surface area contributed by atoms with Crippen LogP contribution in [0, 0.1) is 0 Å². The zero-order chi connectivity index (χ0) is 17.8. The lowest BCUT2D eigenvalue weighted by atomic mass is 10.0. The van der Waals surface area contributed by atoms with E-state index in [0.29, 0.717) is 0 Å². The fourth-order valence-corrected chi connectivity index (χ4v) is 4.47. The van der Waals surface area contributed by atoms with Crippen molar-refractivity contribution in [3.05, 3.63) is 77.9 Å². The van der Waals surface area contributed by atoms with E-state index in [-0.39, 0.29) is 0 Å². The lowest BCUT2D eigenvalue weighted by Gasteiger charge is -2.30. The summed E-state index contributed by atoms with van der Waals surface area (Å²) in [7, 11) is 0. The molecule has 0 aliphatic carbocycles. The minimum atomic E-state index is 1.15. The topological polar surface area (TPSA) is 8.88 Å². The van der Waals surface area contributed by atoms with Crippen LogP contribution in [0.4, 0.5) is 0 Å². The van der Waals surface area contributed by atoms with Crippen LogP contribution < -0.4 is 9.80 Å². The fourth-order valence-electron chi connectivity index (χ4n) is 4.06. The van der Waals surface area contributed by atoms with Crippen LogP contribution in [0.5, 0.6) is 0 Å². The molecule has 0 bridgehead atoms. The highest BCUT2D eigenvalue weighted by Crippen LogP contribution is 2.17. The summed E-state index contributed by atoms with van der Waals surface area (Å²) >= 11 is 1.82. The summed E-state index contributed by atoms with van der Waals surface area (Å²) in [4.78, 5) is 4.81. The molecule has 0 aromatic heterocycles. The van der Waals surface area contributed by atoms with Crippen LogP contribution in [-0.4, -0.2) is 32.4 Å². The number of hydrogen-bond acceptors (Lipinski definition) is 1. The maximum Gasteiger partial charge on any atom is 0.127 e. The van der Waals surface area contributed by atoms with Gasteiger partial charge in [0.2, 0.25) is 0 Å². The van der Waals surface area contributed by atoms with Gasteiger partial charge in [-0.15, -0.1) is 11.8 Å². The summed E-state index contributed by atoms with van der Waals surface area (Å²) in [6.07, 6.45) is 2.14. The lowest BCUT2D eigenvalue weighted by molar-refractivity contribution is -1.02. The van der Waals surface area contributed by atoms with Gasteiger partial charge in [0.15, 0.2) is 0 Å². The Kier molecular flexibility index (Phi) is 5.59. The van der Waals surface area contributed by atoms with Crippen LogP contribution >= 0.6 is 11.8 Å². The van der Waals surface area contributed by atoms with Crippen molar-refractivity contribution in [3.8, 4) is 0 Å². The van der Waals surface area contributed by atoms with Gasteiger partial charge >= 0.3 is 0 Å². The standard InChI is InChI=1S/C23H26N2S/c1-26-22-11-9-19(10-12-22)17-24-13-15-25(16-14-24)18-21-7-4-6-20-5-2-3-8-23(20)21/h2-12H,13-18H2,1H3/p+2. The number of quaternary nitrogens is 2. The largest absolute Gasteiger partial charge is 0.322 e. The van der Waals surface area contributed by atoms with E-state index in [1.165, 1.54) is 53.0 Å². The molecule has 134 valence electrons. The van der Waals surface area contributed by atoms with Gasteiger partial charge in [0.25, 0.3) is 0 Å². The Bertz CT molecular complexity index is 846. The smallest absolute Gasteiger partial charge is 0.127 e. The SMILES string of the molecule is CSc1ccc(C[NH+]2CC[NH+](Cc3cccc4ccccc34)CC2)cc1. The number of benzene rings is 3. The van der Waals surface area contributed by atoms with Crippen LogP contribution in [0.1, 0.15) is 11.1 Å². The van der Waals surface area contributed by atoms with Crippen molar-refractivity contribution >= 4 is 22.5 Å².